The minimum absolute atomic E-state index is 0.0974. The van der Waals surface area contributed by atoms with Crippen molar-refractivity contribution in [2.45, 2.75) is 59.1 Å². The highest BCUT2D eigenvalue weighted by atomic mass is 16.5. The first kappa shape index (κ1) is 22.6. The largest absolute Gasteiger partial charge is 0.459 e. The molecule has 1 fully saturated rings. The van der Waals surface area contributed by atoms with Crippen LogP contribution >= 0.6 is 0 Å². The lowest BCUT2D eigenvalue weighted by atomic mass is 9.78. The summed E-state index contributed by atoms with van der Waals surface area (Å²) in [4.78, 5) is 37.4. The Morgan fingerprint density at radius 3 is 2.65 bits per heavy atom. The van der Waals surface area contributed by atoms with Gasteiger partial charge in [-0.3, -0.25) is 9.59 Å². The monoisotopic (exact) mass is 426 g/mol. The van der Waals surface area contributed by atoms with Gasteiger partial charge in [-0.2, -0.15) is 0 Å². The van der Waals surface area contributed by atoms with E-state index >= 15 is 0 Å². The lowest BCUT2D eigenvalue weighted by molar-refractivity contribution is -0.130. The maximum absolute atomic E-state index is 12.6. The first-order valence-electron chi connectivity index (χ1n) is 10.7. The van der Waals surface area contributed by atoms with Crippen LogP contribution in [0.5, 0.6) is 0 Å². The average Bonchev–Trinajstić information content (AvgIpc) is 3.28. The summed E-state index contributed by atoms with van der Waals surface area (Å²) in [7, 11) is 0. The summed E-state index contributed by atoms with van der Waals surface area (Å²) < 4.78 is 10.5. The van der Waals surface area contributed by atoms with Crippen molar-refractivity contribution < 1.29 is 23.5 Å². The molecule has 2 aromatic rings. The molecule has 1 aliphatic carbocycles. The predicted molar refractivity (Wildman–Crippen MR) is 117 cm³/mol. The third-order valence-electron chi connectivity index (χ3n) is 6.15. The van der Waals surface area contributed by atoms with Crippen LogP contribution in [-0.4, -0.2) is 29.9 Å². The number of nitrogens with one attached hydrogen (secondary N) is 2. The third kappa shape index (κ3) is 5.54. The highest BCUT2D eigenvalue weighted by molar-refractivity contribution is 6.03. The van der Waals surface area contributed by atoms with Crippen molar-refractivity contribution in [1.29, 1.82) is 0 Å². The minimum atomic E-state index is -0.917. The summed E-state index contributed by atoms with van der Waals surface area (Å²) in [5.41, 5.74) is 1.50. The van der Waals surface area contributed by atoms with Crippen LogP contribution in [0.3, 0.4) is 0 Å². The molecule has 0 saturated heterocycles. The summed E-state index contributed by atoms with van der Waals surface area (Å²) in [6.45, 7) is 7.73. The van der Waals surface area contributed by atoms with E-state index in [0.717, 1.165) is 18.4 Å². The highest BCUT2D eigenvalue weighted by Crippen LogP contribution is 2.29. The van der Waals surface area contributed by atoms with Gasteiger partial charge in [-0.25, -0.2) is 4.79 Å². The normalized spacial score (nSPS) is 21.7. The number of hydrogen-bond donors (Lipinski definition) is 2. The second-order valence-corrected chi connectivity index (χ2v) is 8.39. The molecular formula is C24H30N2O5. The molecule has 1 aromatic carbocycles. The number of furan rings is 1. The standard InChI is InChI=1S/C24H30N2O5/c1-14-7-5-8-19(16(14)3)25-22(27)17(4)31-24(29)18-11-10-15(2)20(13-18)26-23(28)21-9-6-12-30-21/h6,9-14,16-17,19H,5,7-8H2,1-4H3,(H,25,27)(H,26,28)/t14-,16-,17-,19+/m0/s1. The molecule has 0 spiro atoms. The van der Waals surface area contributed by atoms with E-state index in [1.165, 1.54) is 18.8 Å². The van der Waals surface area contributed by atoms with E-state index < -0.39 is 18.0 Å². The van der Waals surface area contributed by atoms with Crippen molar-refractivity contribution in [2.24, 2.45) is 11.8 Å². The Balaban J connectivity index is 1.61. The molecule has 2 amide bonds. The zero-order valence-corrected chi connectivity index (χ0v) is 18.4. The van der Waals surface area contributed by atoms with Crippen molar-refractivity contribution in [1.82, 2.24) is 5.32 Å². The molecule has 166 valence electrons. The summed E-state index contributed by atoms with van der Waals surface area (Å²) in [6.07, 6.45) is 3.69. The number of esters is 1. The second-order valence-electron chi connectivity index (χ2n) is 8.39. The van der Waals surface area contributed by atoms with Crippen molar-refractivity contribution in [2.75, 3.05) is 5.32 Å². The lowest BCUT2D eigenvalue weighted by Gasteiger charge is -2.35. The van der Waals surface area contributed by atoms with Crippen molar-refractivity contribution in [3.05, 3.63) is 53.5 Å². The van der Waals surface area contributed by atoms with Crippen LogP contribution < -0.4 is 10.6 Å². The van der Waals surface area contributed by atoms with Gasteiger partial charge in [0.25, 0.3) is 11.8 Å². The maximum Gasteiger partial charge on any atom is 0.338 e. The first-order valence-corrected chi connectivity index (χ1v) is 10.7. The Morgan fingerprint density at radius 1 is 1.16 bits per heavy atom. The number of ether oxygens (including phenoxy) is 1. The van der Waals surface area contributed by atoms with Crippen LogP contribution in [0.1, 0.15) is 66.5 Å². The Kier molecular flexibility index (Phi) is 7.15. The summed E-state index contributed by atoms with van der Waals surface area (Å²) in [5, 5.41) is 5.76. The van der Waals surface area contributed by atoms with E-state index in [2.05, 4.69) is 24.5 Å². The van der Waals surface area contributed by atoms with Crippen LogP contribution in [-0.2, 0) is 9.53 Å². The Hall–Kier alpha value is -3.09. The van der Waals surface area contributed by atoms with Gasteiger partial charge in [-0.15, -0.1) is 0 Å². The number of hydrogen-bond acceptors (Lipinski definition) is 5. The molecule has 1 saturated carbocycles. The van der Waals surface area contributed by atoms with E-state index in [1.54, 1.807) is 31.2 Å². The number of benzene rings is 1. The molecule has 0 aliphatic heterocycles. The van der Waals surface area contributed by atoms with Gasteiger partial charge in [0.15, 0.2) is 11.9 Å². The van der Waals surface area contributed by atoms with E-state index in [4.69, 9.17) is 9.15 Å². The van der Waals surface area contributed by atoms with Crippen LogP contribution in [0.4, 0.5) is 5.69 Å². The van der Waals surface area contributed by atoms with Gasteiger partial charge in [0.05, 0.1) is 11.8 Å². The molecule has 7 heteroatoms. The topological polar surface area (TPSA) is 97.6 Å². The highest BCUT2D eigenvalue weighted by Gasteiger charge is 2.30. The molecule has 2 N–H and O–H groups in total. The summed E-state index contributed by atoms with van der Waals surface area (Å²) in [5.74, 6) is -0.220. The number of carbonyl (C=O) groups is 3. The van der Waals surface area contributed by atoms with E-state index in [9.17, 15) is 14.4 Å². The van der Waals surface area contributed by atoms with Gasteiger partial charge in [0, 0.05) is 11.7 Å². The number of amides is 2. The van der Waals surface area contributed by atoms with Crippen molar-refractivity contribution in [3.63, 3.8) is 0 Å². The molecule has 7 nitrogen and oxygen atoms in total. The Labute approximate surface area is 182 Å². The van der Waals surface area contributed by atoms with E-state index in [0.29, 0.717) is 17.5 Å². The minimum Gasteiger partial charge on any atom is -0.459 e. The molecular weight excluding hydrogens is 396 g/mol. The fourth-order valence-electron chi connectivity index (χ4n) is 3.84. The number of anilines is 1. The van der Waals surface area contributed by atoms with Gasteiger partial charge in [-0.1, -0.05) is 32.8 Å². The van der Waals surface area contributed by atoms with Crippen molar-refractivity contribution in [3.8, 4) is 0 Å². The predicted octanol–water partition coefficient (Wildman–Crippen LogP) is 4.33. The van der Waals surface area contributed by atoms with Crippen LogP contribution in [0.2, 0.25) is 0 Å². The van der Waals surface area contributed by atoms with Gasteiger partial charge >= 0.3 is 5.97 Å². The smallest absolute Gasteiger partial charge is 0.338 e. The third-order valence-corrected chi connectivity index (χ3v) is 6.15. The molecule has 0 bridgehead atoms. The molecule has 0 radical (unpaired) electrons. The van der Waals surface area contributed by atoms with Gasteiger partial charge < -0.3 is 19.8 Å². The van der Waals surface area contributed by atoms with Crippen LogP contribution in [0.25, 0.3) is 0 Å². The van der Waals surface area contributed by atoms with Gasteiger partial charge in [0.1, 0.15) is 0 Å². The average molecular weight is 427 g/mol. The molecule has 3 rings (SSSR count). The van der Waals surface area contributed by atoms with Gasteiger partial charge in [-0.05, 0) is 61.9 Å². The second kappa shape index (κ2) is 9.81. The van der Waals surface area contributed by atoms with Gasteiger partial charge in [0.2, 0.25) is 0 Å². The molecule has 4 atom stereocenters. The molecule has 31 heavy (non-hydrogen) atoms. The SMILES string of the molecule is Cc1ccc(C(=O)O[C@@H](C)C(=O)N[C@@H]2CCC[C@H](C)[C@@H]2C)cc1NC(=O)c1ccco1. The molecule has 1 heterocycles. The summed E-state index contributed by atoms with van der Waals surface area (Å²) >= 11 is 0. The fraction of sp³-hybridized carbons (Fsp3) is 0.458. The molecule has 1 aromatic heterocycles. The number of carbonyl (C=O) groups excluding carboxylic acids is 3. The zero-order valence-electron chi connectivity index (χ0n) is 18.4. The van der Waals surface area contributed by atoms with Crippen molar-refractivity contribution >= 4 is 23.5 Å². The Bertz CT molecular complexity index is 937. The van der Waals surface area contributed by atoms with E-state index in [1.807, 2.05) is 6.92 Å². The summed E-state index contributed by atoms with van der Waals surface area (Å²) in [6, 6.07) is 8.13. The number of rotatable bonds is 6. The quantitative estimate of drug-likeness (QED) is 0.670. The van der Waals surface area contributed by atoms with Crippen LogP contribution in [0.15, 0.2) is 41.0 Å². The lowest BCUT2D eigenvalue weighted by Crippen LogP contribution is -2.47. The first-order chi connectivity index (χ1) is 14.8. The number of aryl methyl sites for hydroxylation is 1. The zero-order chi connectivity index (χ0) is 22.5. The molecule has 1 aliphatic rings. The molecule has 0 unspecified atom stereocenters. The Morgan fingerprint density at radius 2 is 1.94 bits per heavy atom. The van der Waals surface area contributed by atoms with E-state index in [-0.39, 0.29) is 23.3 Å². The fourth-order valence-corrected chi connectivity index (χ4v) is 3.84. The maximum atomic E-state index is 12.6. The van der Waals surface area contributed by atoms with Crippen LogP contribution in [0, 0.1) is 18.8 Å².